The molecule has 1 aliphatic carbocycles. The van der Waals surface area contributed by atoms with Gasteiger partial charge in [-0.25, -0.2) is 0 Å². The summed E-state index contributed by atoms with van der Waals surface area (Å²) in [5.74, 6) is 0.235. The number of phenolic OH excluding ortho intramolecular Hbond substituents is 1. The van der Waals surface area contributed by atoms with E-state index in [4.69, 9.17) is 5.73 Å². The first-order valence-electron chi connectivity index (χ1n) is 7.38. The highest BCUT2D eigenvalue weighted by Crippen LogP contribution is 2.35. The molecule has 2 rings (SSSR count). The van der Waals surface area contributed by atoms with E-state index < -0.39 is 5.41 Å². The van der Waals surface area contributed by atoms with Crippen LogP contribution in [0.1, 0.15) is 44.1 Å². The number of phenols is 1. The van der Waals surface area contributed by atoms with Crippen molar-refractivity contribution in [2.75, 3.05) is 11.9 Å². The van der Waals surface area contributed by atoms with Crippen molar-refractivity contribution < 1.29 is 9.90 Å². The van der Waals surface area contributed by atoms with E-state index in [9.17, 15) is 9.90 Å². The number of nitrogens with one attached hydrogen (secondary N) is 1. The van der Waals surface area contributed by atoms with Crippen LogP contribution in [-0.2, 0) is 4.79 Å². The zero-order valence-electron chi connectivity index (χ0n) is 12.1. The van der Waals surface area contributed by atoms with Crippen LogP contribution in [0, 0.1) is 12.3 Å². The highest BCUT2D eigenvalue weighted by molar-refractivity contribution is 5.96. The molecule has 0 atom stereocenters. The molecular formula is C16H24N2O2. The Morgan fingerprint density at radius 2 is 1.95 bits per heavy atom. The van der Waals surface area contributed by atoms with E-state index in [1.807, 2.05) is 6.92 Å². The molecule has 0 saturated heterocycles. The highest BCUT2D eigenvalue weighted by atomic mass is 16.3. The minimum absolute atomic E-state index is 0.0238. The number of amides is 1. The number of nitrogens with two attached hydrogens (primary N) is 1. The molecule has 1 amide bonds. The summed E-state index contributed by atoms with van der Waals surface area (Å²) >= 11 is 0. The first kappa shape index (κ1) is 14.9. The molecule has 20 heavy (non-hydrogen) atoms. The van der Waals surface area contributed by atoms with E-state index >= 15 is 0 Å². The van der Waals surface area contributed by atoms with Crippen LogP contribution >= 0.6 is 0 Å². The Morgan fingerprint density at radius 3 is 2.50 bits per heavy atom. The van der Waals surface area contributed by atoms with Gasteiger partial charge in [0, 0.05) is 12.2 Å². The predicted octanol–water partition coefficient (Wildman–Crippen LogP) is 2.94. The average molecular weight is 276 g/mol. The Bertz CT molecular complexity index is 477. The van der Waals surface area contributed by atoms with E-state index in [-0.39, 0.29) is 11.7 Å². The zero-order valence-corrected chi connectivity index (χ0v) is 12.1. The topological polar surface area (TPSA) is 75.3 Å². The molecule has 4 nitrogen and oxygen atoms in total. The van der Waals surface area contributed by atoms with Crippen LogP contribution in [-0.4, -0.2) is 17.6 Å². The van der Waals surface area contributed by atoms with E-state index in [1.165, 1.54) is 12.8 Å². The number of carbonyl (C=O) groups is 1. The fraction of sp³-hybridized carbons (Fsp3) is 0.562. The molecule has 0 aliphatic heterocycles. The Morgan fingerprint density at radius 1 is 1.30 bits per heavy atom. The quantitative estimate of drug-likeness (QED) is 0.587. The minimum Gasteiger partial charge on any atom is -0.508 e. The molecule has 1 aliphatic rings. The fourth-order valence-electron chi connectivity index (χ4n) is 2.97. The molecule has 0 spiro atoms. The summed E-state index contributed by atoms with van der Waals surface area (Å²) in [7, 11) is 0. The number of aryl methyl sites for hydroxylation is 1. The molecule has 1 saturated carbocycles. The van der Waals surface area contributed by atoms with E-state index in [0.717, 1.165) is 36.9 Å². The van der Waals surface area contributed by atoms with Gasteiger partial charge in [-0.05, 0) is 43.5 Å². The largest absolute Gasteiger partial charge is 0.508 e. The third kappa shape index (κ3) is 3.12. The summed E-state index contributed by atoms with van der Waals surface area (Å²) in [4.78, 5) is 12.7. The van der Waals surface area contributed by atoms with Crippen LogP contribution in [0.5, 0.6) is 5.75 Å². The van der Waals surface area contributed by atoms with Crippen molar-refractivity contribution in [3.63, 3.8) is 0 Å². The van der Waals surface area contributed by atoms with Crippen LogP contribution < -0.4 is 11.1 Å². The van der Waals surface area contributed by atoms with Crippen LogP contribution in [0.25, 0.3) is 0 Å². The Balaban J connectivity index is 2.16. The van der Waals surface area contributed by atoms with E-state index in [1.54, 1.807) is 18.2 Å². The number of carbonyl (C=O) groups excluding carboxylic acids is 1. The molecule has 1 aromatic carbocycles. The van der Waals surface area contributed by atoms with Crippen molar-refractivity contribution in [3.05, 3.63) is 23.8 Å². The number of hydrogen-bond donors (Lipinski definition) is 3. The number of hydrogen-bond acceptors (Lipinski definition) is 3. The first-order chi connectivity index (χ1) is 9.57. The second-order valence-electron chi connectivity index (χ2n) is 5.85. The van der Waals surface area contributed by atoms with Gasteiger partial charge in [0.2, 0.25) is 5.91 Å². The molecule has 4 N–H and O–H groups in total. The second kappa shape index (κ2) is 6.27. The molecule has 0 bridgehead atoms. The third-order valence-corrected chi connectivity index (χ3v) is 4.39. The summed E-state index contributed by atoms with van der Waals surface area (Å²) in [5.41, 5.74) is 7.11. The molecule has 0 unspecified atom stereocenters. The Labute approximate surface area is 120 Å². The fourth-order valence-corrected chi connectivity index (χ4v) is 2.97. The standard InChI is InChI=1S/C16H24N2O2/c1-12-10-13(19)6-7-14(12)18-15(20)16(11-17)8-4-2-3-5-9-16/h6-7,10,19H,2-5,8-9,11,17H2,1H3,(H,18,20). The molecule has 0 aromatic heterocycles. The monoisotopic (exact) mass is 276 g/mol. The summed E-state index contributed by atoms with van der Waals surface area (Å²) in [6.07, 6.45) is 6.25. The number of rotatable bonds is 3. The molecule has 1 fully saturated rings. The summed E-state index contributed by atoms with van der Waals surface area (Å²) in [5, 5.41) is 12.4. The van der Waals surface area contributed by atoms with Gasteiger partial charge in [0.05, 0.1) is 5.41 Å². The van der Waals surface area contributed by atoms with Gasteiger partial charge in [0.25, 0.3) is 0 Å². The van der Waals surface area contributed by atoms with Gasteiger partial charge in [0.15, 0.2) is 0 Å². The lowest BCUT2D eigenvalue weighted by molar-refractivity contribution is -0.125. The number of aromatic hydroxyl groups is 1. The maximum absolute atomic E-state index is 12.7. The van der Waals surface area contributed by atoms with Gasteiger partial charge in [-0.3, -0.25) is 4.79 Å². The zero-order chi connectivity index (χ0) is 14.6. The lowest BCUT2D eigenvalue weighted by Gasteiger charge is -2.30. The van der Waals surface area contributed by atoms with Crippen molar-refractivity contribution >= 4 is 11.6 Å². The Kier molecular flexibility index (Phi) is 4.65. The normalized spacial score (nSPS) is 18.3. The van der Waals surface area contributed by atoms with Gasteiger partial charge in [-0.2, -0.15) is 0 Å². The first-order valence-corrected chi connectivity index (χ1v) is 7.38. The van der Waals surface area contributed by atoms with Gasteiger partial charge < -0.3 is 16.2 Å². The van der Waals surface area contributed by atoms with E-state index in [2.05, 4.69) is 5.32 Å². The summed E-state index contributed by atoms with van der Waals surface area (Å²) in [6.45, 7) is 2.27. The van der Waals surface area contributed by atoms with Gasteiger partial charge in [-0.15, -0.1) is 0 Å². The average Bonchev–Trinajstić information content (AvgIpc) is 2.68. The minimum atomic E-state index is -0.430. The number of benzene rings is 1. The van der Waals surface area contributed by atoms with Crippen molar-refractivity contribution in [1.82, 2.24) is 0 Å². The van der Waals surface area contributed by atoms with Crippen LogP contribution in [0.15, 0.2) is 18.2 Å². The third-order valence-electron chi connectivity index (χ3n) is 4.39. The lowest BCUT2D eigenvalue weighted by Crippen LogP contribution is -2.42. The summed E-state index contributed by atoms with van der Waals surface area (Å²) < 4.78 is 0. The van der Waals surface area contributed by atoms with Crippen LogP contribution in [0.4, 0.5) is 5.69 Å². The van der Waals surface area contributed by atoms with E-state index in [0.29, 0.717) is 6.54 Å². The molecule has 1 aromatic rings. The maximum Gasteiger partial charge on any atom is 0.231 e. The van der Waals surface area contributed by atoms with Crippen molar-refractivity contribution in [3.8, 4) is 5.75 Å². The SMILES string of the molecule is Cc1cc(O)ccc1NC(=O)C1(CN)CCCCCC1. The van der Waals surface area contributed by atoms with Crippen molar-refractivity contribution in [2.24, 2.45) is 11.1 Å². The second-order valence-corrected chi connectivity index (χ2v) is 5.85. The van der Waals surface area contributed by atoms with Crippen LogP contribution in [0.2, 0.25) is 0 Å². The summed E-state index contributed by atoms with van der Waals surface area (Å²) in [6, 6.07) is 4.98. The Hall–Kier alpha value is -1.55. The smallest absolute Gasteiger partial charge is 0.231 e. The lowest BCUT2D eigenvalue weighted by atomic mass is 9.79. The van der Waals surface area contributed by atoms with Crippen molar-refractivity contribution in [2.45, 2.75) is 45.4 Å². The maximum atomic E-state index is 12.7. The van der Waals surface area contributed by atoms with Gasteiger partial charge in [-0.1, -0.05) is 25.7 Å². The van der Waals surface area contributed by atoms with Gasteiger partial charge >= 0.3 is 0 Å². The van der Waals surface area contributed by atoms with Gasteiger partial charge in [0.1, 0.15) is 5.75 Å². The molecule has 0 heterocycles. The molecule has 0 radical (unpaired) electrons. The van der Waals surface area contributed by atoms with Crippen LogP contribution in [0.3, 0.4) is 0 Å². The molecule has 110 valence electrons. The predicted molar refractivity (Wildman–Crippen MR) is 80.7 cm³/mol. The molecular weight excluding hydrogens is 252 g/mol. The molecule has 4 heteroatoms. The number of anilines is 1. The highest BCUT2D eigenvalue weighted by Gasteiger charge is 2.37. The van der Waals surface area contributed by atoms with Crippen molar-refractivity contribution in [1.29, 1.82) is 0 Å².